The Labute approximate surface area is 106 Å². The second-order valence-electron chi connectivity index (χ2n) is 5.23. The minimum absolute atomic E-state index is 0.858. The lowest BCUT2D eigenvalue weighted by atomic mass is 10.0. The molecule has 0 unspecified atom stereocenters. The first kappa shape index (κ1) is 14.2. The van der Waals surface area contributed by atoms with Gasteiger partial charge in [0.25, 0.3) is 0 Å². The van der Waals surface area contributed by atoms with Crippen LogP contribution in [0, 0.1) is 5.92 Å². The predicted molar refractivity (Wildman–Crippen MR) is 72.8 cm³/mol. The number of aryl methyl sites for hydroxylation is 1. The quantitative estimate of drug-likeness (QED) is 0.669. The van der Waals surface area contributed by atoms with Crippen LogP contribution >= 0.6 is 0 Å². The molecule has 3 heteroatoms. The number of unbranched alkanes of at least 4 members (excludes halogenated alkanes) is 3. The highest BCUT2D eigenvalue weighted by atomic mass is 15.1. The van der Waals surface area contributed by atoms with Crippen molar-refractivity contribution in [3.05, 3.63) is 18.2 Å². The smallest absolute Gasteiger partial charge is 0.122 e. The van der Waals surface area contributed by atoms with Gasteiger partial charge in [0, 0.05) is 19.4 Å². The summed E-state index contributed by atoms with van der Waals surface area (Å²) in [5.74, 6) is 1.97. The van der Waals surface area contributed by atoms with E-state index in [-0.39, 0.29) is 0 Å². The molecule has 1 aromatic heterocycles. The molecule has 17 heavy (non-hydrogen) atoms. The molecule has 0 saturated heterocycles. The Morgan fingerprint density at radius 1 is 1.24 bits per heavy atom. The van der Waals surface area contributed by atoms with Crippen LogP contribution in [-0.2, 0) is 13.6 Å². The lowest BCUT2D eigenvalue weighted by molar-refractivity contribution is 0.510. The van der Waals surface area contributed by atoms with Crippen LogP contribution in [0.3, 0.4) is 0 Å². The fourth-order valence-corrected chi connectivity index (χ4v) is 1.92. The second kappa shape index (κ2) is 8.29. The molecule has 0 aromatic carbocycles. The Morgan fingerprint density at radius 2 is 2.00 bits per heavy atom. The normalized spacial score (nSPS) is 11.3. The highest BCUT2D eigenvalue weighted by molar-refractivity contribution is 4.90. The van der Waals surface area contributed by atoms with Crippen molar-refractivity contribution in [1.29, 1.82) is 0 Å². The van der Waals surface area contributed by atoms with Crippen molar-refractivity contribution in [2.45, 2.75) is 52.5 Å². The lowest BCUT2D eigenvalue weighted by Crippen LogP contribution is -2.17. The van der Waals surface area contributed by atoms with Crippen LogP contribution in [0.5, 0.6) is 0 Å². The molecule has 1 rings (SSSR count). The van der Waals surface area contributed by atoms with E-state index in [1.165, 1.54) is 32.1 Å². The third kappa shape index (κ3) is 6.47. The molecule has 0 fully saturated rings. The SMILES string of the molecule is CC(C)CCCCCCNCc1nccn1C. The number of rotatable bonds is 9. The summed E-state index contributed by atoms with van der Waals surface area (Å²) >= 11 is 0. The van der Waals surface area contributed by atoms with Gasteiger partial charge in [0.15, 0.2) is 0 Å². The molecule has 3 nitrogen and oxygen atoms in total. The van der Waals surface area contributed by atoms with Gasteiger partial charge in [-0.1, -0.05) is 39.5 Å². The Balaban J connectivity index is 1.90. The van der Waals surface area contributed by atoms with E-state index in [0.717, 1.165) is 24.8 Å². The third-order valence-corrected chi connectivity index (χ3v) is 3.09. The maximum Gasteiger partial charge on any atom is 0.122 e. The zero-order chi connectivity index (χ0) is 12.5. The first-order chi connectivity index (χ1) is 8.20. The number of nitrogens with zero attached hydrogens (tertiary/aromatic N) is 2. The molecule has 0 aliphatic heterocycles. The first-order valence-electron chi connectivity index (χ1n) is 6.87. The molecule has 1 N–H and O–H groups in total. The molecule has 0 amide bonds. The first-order valence-corrected chi connectivity index (χ1v) is 6.87. The van der Waals surface area contributed by atoms with E-state index >= 15 is 0 Å². The summed E-state index contributed by atoms with van der Waals surface area (Å²) < 4.78 is 2.07. The molecule has 0 aliphatic carbocycles. The van der Waals surface area contributed by atoms with Gasteiger partial charge in [-0.3, -0.25) is 0 Å². The zero-order valence-corrected chi connectivity index (χ0v) is 11.6. The topological polar surface area (TPSA) is 29.9 Å². The average molecular weight is 237 g/mol. The van der Waals surface area contributed by atoms with Crippen molar-refractivity contribution in [3.8, 4) is 0 Å². The summed E-state index contributed by atoms with van der Waals surface area (Å²) in [6.07, 6.45) is 10.6. The molecular formula is C14H27N3. The zero-order valence-electron chi connectivity index (χ0n) is 11.6. The highest BCUT2D eigenvalue weighted by Gasteiger charge is 1.98. The predicted octanol–water partition coefficient (Wildman–Crippen LogP) is 3.12. The summed E-state index contributed by atoms with van der Waals surface area (Å²) in [7, 11) is 2.04. The van der Waals surface area contributed by atoms with E-state index in [0.29, 0.717) is 0 Å². The Morgan fingerprint density at radius 3 is 2.65 bits per heavy atom. The summed E-state index contributed by atoms with van der Waals surface area (Å²) in [6, 6.07) is 0. The molecule has 0 aliphatic rings. The van der Waals surface area contributed by atoms with Crippen molar-refractivity contribution in [1.82, 2.24) is 14.9 Å². The van der Waals surface area contributed by atoms with Crippen LogP contribution < -0.4 is 5.32 Å². The number of hydrogen-bond acceptors (Lipinski definition) is 2. The summed E-state index contributed by atoms with van der Waals surface area (Å²) in [5.41, 5.74) is 0. The summed E-state index contributed by atoms with van der Waals surface area (Å²) in [4.78, 5) is 4.28. The Kier molecular flexibility index (Phi) is 6.94. The van der Waals surface area contributed by atoms with Crippen molar-refractivity contribution in [3.63, 3.8) is 0 Å². The minimum atomic E-state index is 0.858. The minimum Gasteiger partial charge on any atom is -0.337 e. The second-order valence-corrected chi connectivity index (χ2v) is 5.23. The maximum atomic E-state index is 4.28. The molecular weight excluding hydrogens is 210 g/mol. The standard InChI is InChI=1S/C14H27N3/c1-13(2)8-6-4-5-7-9-15-12-14-16-10-11-17(14)3/h10-11,13,15H,4-9,12H2,1-3H3. The molecule has 98 valence electrons. The van der Waals surface area contributed by atoms with E-state index in [9.17, 15) is 0 Å². The molecule has 1 aromatic rings. The molecule has 1 heterocycles. The fourth-order valence-electron chi connectivity index (χ4n) is 1.92. The van der Waals surface area contributed by atoms with Gasteiger partial charge in [-0.25, -0.2) is 4.98 Å². The van der Waals surface area contributed by atoms with Gasteiger partial charge in [0.2, 0.25) is 0 Å². The van der Waals surface area contributed by atoms with E-state index in [1.807, 2.05) is 19.4 Å². The molecule has 0 spiro atoms. The van der Waals surface area contributed by atoms with E-state index < -0.39 is 0 Å². The van der Waals surface area contributed by atoms with Gasteiger partial charge < -0.3 is 9.88 Å². The van der Waals surface area contributed by atoms with Gasteiger partial charge in [0.1, 0.15) is 5.82 Å². The van der Waals surface area contributed by atoms with Crippen molar-refractivity contribution >= 4 is 0 Å². The largest absolute Gasteiger partial charge is 0.337 e. The maximum absolute atomic E-state index is 4.28. The molecule has 0 bridgehead atoms. The van der Waals surface area contributed by atoms with Gasteiger partial charge in [-0.05, 0) is 18.9 Å². The number of nitrogens with one attached hydrogen (secondary N) is 1. The monoisotopic (exact) mass is 237 g/mol. The van der Waals surface area contributed by atoms with Crippen LogP contribution in [0.2, 0.25) is 0 Å². The molecule has 0 atom stereocenters. The van der Waals surface area contributed by atoms with Crippen molar-refractivity contribution in [2.24, 2.45) is 13.0 Å². The number of hydrogen-bond donors (Lipinski definition) is 1. The third-order valence-electron chi connectivity index (χ3n) is 3.09. The van der Waals surface area contributed by atoms with E-state index in [4.69, 9.17) is 0 Å². The number of aromatic nitrogens is 2. The molecule has 0 radical (unpaired) electrons. The fraction of sp³-hybridized carbons (Fsp3) is 0.786. The van der Waals surface area contributed by atoms with Gasteiger partial charge in [0.05, 0.1) is 6.54 Å². The molecule has 0 saturated carbocycles. The van der Waals surface area contributed by atoms with Crippen LogP contribution in [0.25, 0.3) is 0 Å². The van der Waals surface area contributed by atoms with Gasteiger partial charge in [-0.2, -0.15) is 0 Å². The summed E-state index contributed by atoms with van der Waals surface area (Å²) in [5, 5.41) is 3.44. The van der Waals surface area contributed by atoms with Crippen LogP contribution in [0.1, 0.15) is 51.8 Å². The van der Waals surface area contributed by atoms with Crippen molar-refractivity contribution < 1.29 is 0 Å². The Hall–Kier alpha value is -0.830. The van der Waals surface area contributed by atoms with Gasteiger partial charge >= 0.3 is 0 Å². The highest BCUT2D eigenvalue weighted by Crippen LogP contribution is 2.08. The average Bonchev–Trinajstić information content (AvgIpc) is 2.68. The van der Waals surface area contributed by atoms with Crippen LogP contribution in [0.15, 0.2) is 12.4 Å². The van der Waals surface area contributed by atoms with Crippen molar-refractivity contribution in [2.75, 3.05) is 6.54 Å². The van der Waals surface area contributed by atoms with Crippen LogP contribution in [-0.4, -0.2) is 16.1 Å². The van der Waals surface area contributed by atoms with Gasteiger partial charge in [-0.15, -0.1) is 0 Å². The Bertz CT molecular complexity index is 291. The van der Waals surface area contributed by atoms with E-state index in [1.54, 1.807) is 0 Å². The number of imidazole rings is 1. The van der Waals surface area contributed by atoms with Crippen LogP contribution in [0.4, 0.5) is 0 Å². The summed E-state index contributed by atoms with van der Waals surface area (Å²) in [6.45, 7) is 6.59. The van der Waals surface area contributed by atoms with E-state index in [2.05, 4.69) is 28.7 Å². The lowest BCUT2D eigenvalue weighted by Gasteiger charge is -2.06.